The third-order valence-electron chi connectivity index (χ3n) is 3.19. The summed E-state index contributed by atoms with van der Waals surface area (Å²) in [6.45, 7) is 11.8. The predicted octanol–water partition coefficient (Wildman–Crippen LogP) is 3.12. The molecule has 0 aromatic rings. The van der Waals surface area contributed by atoms with Gasteiger partial charge in [-0.3, -0.25) is 0 Å². The van der Waals surface area contributed by atoms with Crippen LogP contribution >= 0.6 is 0 Å². The summed E-state index contributed by atoms with van der Waals surface area (Å²) < 4.78 is 0. The highest BCUT2D eigenvalue weighted by atomic mass is 14.9. The quantitative estimate of drug-likeness (QED) is 0.621. The lowest BCUT2D eigenvalue weighted by Crippen LogP contribution is -2.36. The summed E-state index contributed by atoms with van der Waals surface area (Å²) in [6, 6.07) is 0.717. The number of nitrogens with one attached hydrogen (secondary N) is 1. The molecule has 1 aliphatic rings. The fourth-order valence-corrected chi connectivity index (χ4v) is 1.88. The third kappa shape index (κ3) is 3.15. The summed E-state index contributed by atoms with van der Waals surface area (Å²) in [5.74, 6) is 0. The Balaban J connectivity index is 2.34. The molecular formula is C12H23N. The molecule has 1 nitrogen and oxygen atoms in total. The van der Waals surface area contributed by atoms with E-state index in [-0.39, 0.29) is 0 Å². The first-order valence-corrected chi connectivity index (χ1v) is 5.46. The Morgan fingerprint density at radius 2 is 2.15 bits per heavy atom. The van der Waals surface area contributed by atoms with Crippen LogP contribution in [0.15, 0.2) is 12.2 Å². The van der Waals surface area contributed by atoms with Gasteiger partial charge in [0.05, 0.1) is 0 Å². The molecule has 1 aliphatic carbocycles. The first-order valence-electron chi connectivity index (χ1n) is 5.46. The van der Waals surface area contributed by atoms with Crippen molar-refractivity contribution < 1.29 is 0 Å². The Morgan fingerprint density at radius 3 is 2.54 bits per heavy atom. The van der Waals surface area contributed by atoms with E-state index in [0.29, 0.717) is 11.5 Å². The van der Waals surface area contributed by atoms with Gasteiger partial charge in [0.15, 0.2) is 0 Å². The highest BCUT2D eigenvalue weighted by Gasteiger charge is 2.43. The van der Waals surface area contributed by atoms with E-state index in [4.69, 9.17) is 0 Å². The van der Waals surface area contributed by atoms with Crippen molar-refractivity contribution in [1.29, 1.82) is 0 Å². The Hall–Kier alpha value is -0.300. The first-order chi connectivity index (χ1) is 6.08. The van der Waals surface area contributed by atoms with Crippen LogP contribution in [0.2, 0.25) is 0 Å². The molecule has 0 aromatic heterocycles. The van der Waals surface area contributed by atoms with Crippen LogP contribution in [0.25, 0.3) is 0 Å². The van der Waals surface area contributed by atoms with Gasteiger partial charge in [0, 0.05) is 6.04 Å². The lowest BCUT2D eigenvalue weighted by Gasteiger charge is -2.24. The molecule has 1 saturated carbocycles. The molecule has 1 unspecified atom stereocenters. The minimum atomic E-state index is 0.603. The largest absolute Gasteiger partial charge is 0.314 e. The van der Waals surface area contributed by atoms with Crippen molar-refractivity contribution in [3.8, 4) is 0 Å². The summed E-state index contributed by atoms with van der Waals surface area (Å²) in [5, 5.41) is 3.60. The molecule has 1 heteroatoms. The van der Waals surface area contributed by atoms with E-state index in [1.54, 1.807) is 0 Å². The van der Waals surface area contributed by atoms with Crippen LogP contribution in [0.4, 0.5) is 0 Å². The van der Waals surface area contributed by atoms with Gasteiger partial charge in [-0.05, 0) is 44.6 Å². The molecule has 0 saturated heterocycles. The molecule has 0 aliphatic heterocycles. The van der Waals surface area contributed by atoms with Crippen molar-refractivity contribution in [2.24, 2.45) is 5.41 Å². The van der Waals surface area contributed by atoms with Gasteiger partial charge in [-0.1, -0.05) is 19.4 Å². The van der Waals surface area contributed by atoms with Gasteiger partial charge in [0.1, 0.15) is 0 Å². The first kappa shape index (κ1) is 10.8. The zero-order valence-corrected chi connectivity index (χ0v) is 9.32. The summed E-state index contributed by atoms with van der Waals surface area (Å²) in [6.07, 6.45) is 5.24. The monoisotopic (exact) mass is 181 g/mol. The van der Waals surface area contributed by atoms with Crippen LogP contribution in [-0.2, 0) is 0 Å². The van der Waals surface area contributed by atoms with Crippen LogP contribution < -0.4 is 5.32 Å². The molecule has 13 heavy (non-hydrogen) atoms. The van der Waals surface area contributed by atoms with Gasteiger partial charge in [-0.15, -0.1) is 6.58 Å². The van der Waals surface area contributed by atoms with Crippen LogP contribution in [0.5, 0.6) is 0 Å². The topological polar surface area (TPSA) is 12.0 Å². The van der Waals surface area contributed by atoms with Crippen LogP contribution in [0.3, 0.4) is 0 Å². The Bertz CT molecular complexity index is 180. The van der Waals surface area contributed by atoms with Crippen LogP contribution in [0.1, 0.15) is 46.5 Å². The van der Waals surface area contributed by atoms with E-state index in [1.807, 2.05) is 0 Å². The number of allylic oxidation sites excluding steroid dienone is 1. The van der Waals surface area contributed by atoms with E-state index in [0.717, 1.165) is 6.54 Å². The number of hydrogen-bond donors (Lipinski definition) is 1. The van der Waals surface area contributed by atoms with Gasteiger partial charge in [0.25, 0.3) is 0 Å². The van der Waals surface area contributed by atoms with Crippen molar-refractivity contribution in [3.05, 3.63) is 12.2 Å². The lowest BCUT2D eigenvalue weighted by atomic mass is 9.93. The Morgan fingerprint density at radius 1 is 1.54 bits per heavy atom. The summed E-state index contributed by atoms with van der Waals surface area (Å²) >= 11 is 0. The molecular weight excluding hydrogens is 158 g/mol. The zero-order valence-electron chi connectivity index (χ0n) is 9.32. The van der Waals surface area contributed by atoms with Gasteiger partial charge >= 0.3 is 0 Å². The van der Waals surface area contributed by atoms with Crippen molar-refractivity contribution in [2.45, 2.75) is 52.5 Å². The molecule has 1 N–H and O–H groups in total. The van der Waals surface area contributed by atoms with Gasteiger partial charge in [-0.25, -0.2) is 0 Å². The van der Waals surface area contributed by atoms with Gasteiger partial charge in [0.2, 0.25) is 0 Å². The van der Waals surface area contributed by atoms with E-state index < -0.39 is 0 Å². The second kappa shape index (κ2) is 4.28. The molecule has 1 rings (SSSR count). The van der Waals surface area contributed by atoms with Gasteiger partial charge in [-0.2, -0.15) is 0 Å². The molecule has 0 spiro atoms. The van der Waals surface area contributed by atoms with E-state index in [1.165, 1.54) is 31.3 Å². The van der Waals surface area contributed by atoms with Crippen molar-refractivity contribution in [3.63, 3.8) is 0 Å². The van der Waals surface area contributed by atoms with Crippen LogP contribution in [0, 0.1) is 5.41 Å². The maximum Gasteiger partial charge on any atom is 0.0124 e. The van der Waals surface area contributed by atoms with Gasteiger partial charge < -0.3 is 5.32 Å². The van der Waals surface area contributed by atoms with Crippen molar-refractivity contribution in [1.82, 2.24) is 5.32 Å². The van der Waals surface area contributed by atoms with Crippen molar-refractivity contribution >= 4 is 0 Å². The van der Waals surface area contributed by atoms with Crippen molar-refractivity contribution in [2.75, 3.05) is 6.54 Å². The molecule has 0 radical (unpaired) electrons. The molecule has 0 aromatic carbocycles. The van der Waals surface area contributed by atoms with E-state index >= 15 is 0 Å². The highest BCUT2D eigenvalue weighted by Crippen LogP contribution is 2.49. The summed E-state index contributed by atoms with van der Waals surface area (Å²) in [4.78, 5) is 0. The van der Waals surface area contributed by atoms with Crippen LogP contribution in [-0.4, -0.2) is 12.6 Å². The predicted molar refractivity (Wildman–Crippen MR) is 58.9 cm³/mol. The molecule has 0 amide bonds. The highest BCUT2D eigenvalue weighted by molar-refractivity contribution is 5.00. The molecule has 76 valence electrons. The maximum absolute atomic E-state index is 3.96. The average molecular weight is 181 g/mol. The maximum atomic E-state index is 3.96. The number of hydrogen-bond acceptors (Lipinski definition) is 1. The molecule has 1 fully saturated rings. The minimum Gasteiger partial charge on any atom is -0.314 e. The van der Waals surface area contributed by atoms with E-state index in [2.05, 4.69) is 32.7 Å². The zero-order chi connectivity index (χ0) is 9.90. The second-order valence-electron chi connectivity index (χ2n) is 4.76. The smallest absolute Gasteiger partial charge is 0.0124 e. The minimum absolute atomic E-state index is 0.603. The SMILES string of the molecule is C=C(C)CCC(NCC)C1(C)CC1. The second-order valence-corrected chi connectivity index (χ2v) is 4.76. The summed E-state index contributed by atoms with van der Waals surface area (Å²) in [5.41, 5.74) is 1.91. The van der Waals surface area contributed by atoms with E-state index in [9.17, 15) is 0 Å². The fraction of sp³-hybridized carbons (Fsp3) is 0.833. The Kier molecular flexibility index (Phi) is 3.55. The third-order valence-corrected chi connectivity index (χ3v) is 3.19. The molecule has 0 bridgehead atoms. The normalized spacial score (nSPS) is 21.2. The summed E-state index contributed by atoms with van der Waals surface area (Å²) in [7, 11) is 0. The fourth-order valence-electron chi connectivity index (χ4n) is 1.88. The Labute approximate surface area is 82.6 Å². The number of rotatable bonds is 6. The molecule has 0 heterocycles. The lowest BCUT2D eigenvalue weighted by molar-refractivity contribution is 0.343. The average Bonchev–Trinajstić information content (AvgIpc) is 2.78. The molecule has 1 atom stereocenters. The standard InChI is InChI=1S/C12H23N/c1-5-13-11(7-6-10(2)3)12(4)8-9-12/h11,13H,2,5-9H2,1,3-4H3.